The monoisotopic (exact) mass is 230 g/mol. The predicted molar refractivity (Wildman–Crippen MR) is 56.6 cm³/mol. The Bertz CT molecular complexity index is 417. The van der Waals surface area contributed by atoms with E-state index in [1.807, 2.05) is 0 Å². The fourth-order valence-corrected chi connectivity index (χ4v) is 1.73. The molecular formula is C9H14N2O3S. The summed E-state index contributed by atoms with van der Waals surface area (Å²) in [5.41, 5.74) is 0.815. The number of aliphatic hydroxyl groups excluding tert-OH is 1. The Morgan fingerprint density at radius 2 is 2.13 bits per heavy atom. The first-order valence-corrected chi connectivity index (χ1v) is 6.02. The number of nitrogens with two attached hydrogens (primary N) is 1. The van der Waals surface area contributed by atoms with Crippen LogP contribution in [0.5, 0.6) is 0 Å². The minimum atomic E-state index is -3.63. The SMILES string of the molecule is NS(=O)(=O)c1cccc(CNCCO)c1. The summed E-state index contributed by atoms with van der Waals surface area (Å²) in [4.78, 5) is 0.103. The van der Waals surface area contributed by atoms with E-state index < -0.39 is 10.0 Å². The Labute approximate surface area is 89.0 Å². The van der Waals surface area contributed by atoms with Crippen LogP contribution >= 0.6 is 0 Å². The largest absolute Gasteiger partial charge is 0.395 e. The predicted octanol–water partition coefficient (Wildman–Crippen LogP) is -0.584. The summed E-state index contributed by atoms with van der Waals surface area (Å²) in [5, 5.41) is 16.5. The Balaban J connectivity index is 2.75. The first kappa shape index (κ1) is 12.1. The average molecular weight is 230 g/mol. The van der Waals surface area contributed by atoms with Crippen molar-refractivity contribution in [1.82, 2.24) is 5.32 Å². The average Bonchev–Trinajstić information content (AvgIpc) is 2.17. The van der Waals surface area contributed by atoms with Crippen molar-refractivity contribution in [3.05, 3.63) is 29.8 Å². The van der Waals surface area contributed by atoms with Crippen LogP contribution in [-0.2, 0) is 16.6 Å². The maximum Gasteiger partial charge on any atom is 0.238 e. The molecule has 0 aliphatic rings. The second-order valence-corrected chi connectivity index (χ2v) is 4.65. The van der Waals surface area contributed by atoms with Crippen LogP contribution in [0.2, 0.25) is 0 Å². The van der Waals surface area contributed by atoms with Crippen molar-refractivity contribution in [2.24, 2.45) is 5.14 Å². The number of hydrogen-bond acceptors (Lipinski definition) is 4. The van der Waals surface area contributed by atoms with Crippen molar-refractivity contribution in [2.45, 2.75) is 11.4 Å². The number of hydrogen-bond donors (Lipinski definition) is 3. The molecule has 1 aromatic rings. The molecule has 6 heteroatoms. The van der Waals surface area contributed by atoms with Gasteiger partial charge in [-0.1, -0.05) is 12.1 Å². The van der Waals surface area contributed by atoms with Crippen LogP contribution in [0, 0.1) is 0 Å². The standard InChI is InChI=1S/C9H14N2O3S/c10-15(13,14)9-3-1-2-8(6-9)7-11-4-5-12/h1-3,6,11-12H,4-5,7H2,(H2,10,13,14). The van der Waals surface area contributed by atoms with Crippen LogP contribution in [0.3, 0.4) is 0 Å². The summed E-state index contributed by atoms with van der Waals surface area (Å²) in [7, 11) is -3.63. The van der Waals surface area contributed by atoms with Crippen molar-refractivity contribution in [3.8, 4) is 0 Å². The third kappa shape index (κ3) is 3.96. The summed E-state index contributed by atoms with van der Waals surface area (Å²) < 4.78 is 22.1. The lowest BCUT2D eigenvalue weighted by molar-refractivity contribution is 0.292. The first-order chi connectivity index (χ1) is 7.04. The van der Waals surface area contributed by atoms with Crippen LogP contribution in [0.1, 0.15) is 5.56 Å². The Kier molecular flexibility index (Phi) is 4.22. The number of primary sulfonamides is 1. The lowest BCUT2D eigenvalue weighted by atomic mass is 10.2. The Morgan fingerprint density at radius 3 is 2.73 bits per heavy atom. The lowest BCUT2D eigenvalue weighted by Crippen LogP contribution is -2.18. The molecule has 0 unspecified atom stereocenters. The van der Waals surface area contributed by atoms with Gasteiger partial charge < -0.3 is 10.4 Å². The van der Waals surface area contributed by atoms with E-state index in [9.17, 15) is 8.42 Å². The van der Waals surface area contributed by atoms with Gasteiger partial charge in [-0.25, -0.2) is 13.6 Å². The van der Waals surface area contributed by atoms with Gasteiger partial charge in [0.25, 0.3) is 0 Å². The Hall–Kier alpha value is -0.950. The molecule has 84 valence electrons. The molecule has 0 aliphatic carbocycles. The van der Waals surface area contributed by atoms with Gasteiger partial charge in [0.1, 0.15) is 0 Å². The normalized spacial score (nSPS) is 11.6. The molecule has 0 fully saturated rings. The smallest absolute Gasteiger partial charge is 0.238 e. The van der Waals surface area contributed by atoms with Crippen LogP contribution in [0.4, 0.5) is 0 Å². The lowest BCUT2D eigenvalue weighted by Gasteiger charge is -2.04. The summed E-state index contributed by atoms with van der Waals surface area (Å²) in [6.45, 7) is 1.03. The van der Waals surface area contributed by atoms with E-state index in [-0.39, 0.29) is 11.5 Å². The zero-order chi connectivity index (χ0) is 11.3. The second kappa shape index (κ2) is 5.22. The molecule has 0 radical (unpaired) electrons. The van der Waals surface area contributed by atoms with Crippen molar-refractivity contribution in [2.75, 3.05) is 13.2 Å². The Morgan fingerprint density at radius 1 is 1.40 bits per heavy atom. The minimum Gasteiger partial charge on any atom is -0.395 e. The molecule has 1 aromatic carbocycles. The summed E-state index contributed by atoms with van der Waals surface area (Å²) in [5.74, 6) is 0. The van der Waals surface area contributed by atoms with Crippen molar-refractivity contribution >= 4 is 10.0 Å². The van der Waals surface area contributed by atoms with Crippen LogP contribution in [0.25, 0.3) is 0 Å². The number of nitrogens with one attached hydrogen (secondary N) is 1. The maximum atomic E-state index is 11.0. The van der Waals surface area contributed by atoms with Gasteiger partial charge in [0, 0.05) is 13.1 Å². The molecule has 0 atom stereocenters. The van der Waals surface area contributed by atoms with Crippen LogP contribution < -0.4 is 10.5 Å². The van der Waals surface area contributed by atoms with E-state index in [0.29, 0.717) is 13.1 Å². The van der Waals surface area contributed by atoms with Gasteiger partial charge in [0.05, 0.1) is 11.5 Å². The molecule has 5 nitrogen and oxygen atoms in total. The van der Waals surface area contributed by atoms with E-state index in [1.165, 1.54) is 12.1 Å². The molecule has 0 aromatic heterocycles. The van der Waals surface area contributed by atoms with E-state index in [2.05, 4.69) is 5.32 Å². The van der Waals surface area contributed by atoms with Crippen LogP contribution in [0.15, 0.2) is 29.2 Å². The number of rotatable bonds is 5. The van der Waals surface area contributed by atoms with Crippen molar-refractivity contribution in [3.63, 3.8) is 0 Å². The van der Waals surface area contributed by atoms with E-state index in [1.54, 1.807) is 12.1 Å². The molecule has 0 amide bonds. The topological polar surface area (TPSA) is 92.4 Å². The molecule has 0 saturated carbocycles. The van der Waals surface area contributed by atoms with Gasteiger partial charge in [-0.05, 0) is 17.7 Å². The number of aliphatic hydroxyl groups is 1. The number of benzene rings is 1. The highest BCUT2D eigenvalue weighted by atomic mass is 32.2. The van der Waals surface area contributed by atoms with Crippen molar-refractivity contribution < 1.29 is 13.5 Å². The second-order valence-electron chi connectivity index (χ2n) is 3.09. The highest BCUT2D eigenvalue weighted by Gasteiger charge is 2.07. The van der Waals surface area contributed by atoms with Crippen molar-refractivity contribution in [1.29, 1.82) is 0 Å². The fraction of sp³-hybridized carbons (Fsp3) is 0.333. The highest BCUT2D eigenvalue weighted by Crippen LogP contribution is 2.09. The van der Waals surface area contributed by atoms with Crippen LogP contribution in [-0.4, -0.2) is 26.7 Å². The zero-order valence-corrected chi connectivity index (χ0v) is 9.00. The molecular weight excluding hydrogens is 216 g/mol. The van der Waals surface area contributed by atoms with Gasteiger partial charge >= 0.3 is 0 Å². The van der Waals surface area contributed by atoms with Gasteiger partial charge in [0.15, 0.2) is 0 Å². The molecule has 0 saturated heterocycles. The quantitative estimate of drug-likeness (QED) is 0.590. The first-order valence-electron chi connectivity index (χ1n) is 4.47. The van der Waals surface area contributed by atoms with Gasteiger partial charge in [0.2, 0.25) is 10.0 Å². The number of sulfonamides is 1. The summed E-state index contributed by atoms with van der Waals surface area (Å²) >= 11 is 0. The maximum absolute atomic E-state index is 11.0. The third-order valence-electron chi connectivity index (χ3n) is 1.84. The molecule has 15 heavy (non-hydrogen) atoms. The van der Waals surface area contributed by atoms with E-state index >= 15 is 0 Å². The van der Waals surface area contributed by atoms with E-state index in [0.717, 1.165) is 5.56 Å². The van der Waals surface area contributed by atoms with Gasteiger partial charge in [-0.2, -0.15) is 0 Å². The molecule has 0 spiro atoms. The zero-order valence-electron chi connectivity index (χ0n) is 8.18. The molecule has 0 bridgehead atoms. The molecule has 0 aliphatic heterocycles. The van der Waals surface area contributed by atoms with Gasteiger partial charge in [-0.3, -0.25) is 0 Å². The van der Waals surface area contributed by atoms with Gasteiger partial charge in [-0.15, -0.1) is 0 Å². The molecule has 4 N–H and O–H groups in total. The third-order valence-corrected chi connectivity index (χ3v) is 2.76. The highest BCUT2D eigenvalue weighted by molar-refractivity contribution is 7.89. The summed E-state index contributed by atoms with van der Waals surface area (Å²) in [6, 6.07) is 6.39. The molecule has 1 rings (SSSR count). The molecule has 0 heterocycles. The van der Waals surface area contributed by atoms with E-state index in [4.69, 9.17) is 10.2 Å². The fourth-order valence-electron chi connectivity index (χ4n) is 1.14. The summed E-state index contributed by atoms with van der Waals surface area (Å²) in [6.07, 6.45) is 0. The minimum absolute atomic E-state index is 0.0505.